The molecule has 0 atom stereocenters. The minimum Gasteiger partial charge on any atom is -0.298 e. The molecule has 0 heterocycles. The summed E-state index contributed by atoms with van der Waals surface area (Å²) in [4.78, 5) is 10.9. The molecule has 106 valence electrons. The maximum atomic E-state index is 13.4. The topological polar surface area (TPSA) is 63.2 Å². The lowest BCUT2D eigenvalue weighted by molar-refractivity contribution is -0.125. The van der Waals surface area contributed by atoms with Crippen LogP contribution < -0.4 is 4.72 Å². The summed E-state index contributed by atoms with van der Waals surface area (Å²) in [5.74, 6) is -2.41. The largest absolute Gasteiger partial charge is 0.298 e. The van der Waals surface area contributed by atoms with Gasteiger partial charge in [-0.2, -0.15) is 0 Å². The third-order valence-corrected chi connectivity index (χ3v) is 3.88. The number of ketones is 1. The molecule has 0 aliphatic carbocycles. The average molecular weight is 291 g/mol. The second-order valence-corrected chi connectivity index (χ2v) is 6.81. The van der Waals surface area contributed by atoms with Crippen LogP contribution in [0.15, 0.2) is 23.1 Å². The van der Waals surface area contributed by atoms with Crippen molar-refractivity contribution in [2.45, 2.75) is 25.7 Å². The fourth-order valence-electron chi connectivity index (χ4n) is 1.20. The predicted octanol–water partition coefficient (Wildman–Crippen LogP) is 1.86. The zero-order valence-electron chi connectivity index (χ0n) is 10.8. The van der Waals surface area contributed by atoms with E-state index < -0.39 is 38.5 Å². The molecule has 7 heteroatoms. The van der Waals surface area contributed by atoms with Crippen LogP contribution in [0.3, 0.4) is 0 Å². The van der Waals surface area contributed by atoms with Crippen molar-refractivity contribution in [3.05, 3.63) is 29.8 Å². The highest BCUT2D eigenvalue weighted by Gasteiger charge is 2.25. The molecule has 0 saturated carbocycles. The Morgan fingerprint density at radius 1 is 1.26 bits per heavy atom. The second-order valence-electron chi connectivity index (χ2n) is 5.07. The summed E-state index contributed by atoms with van der Waals surface area (Å²) in [6, 6.07) is 2.12. The normalized spacial score (nSPS) is 12.5. The molecule has 0 spiro atoms. The van der Waals surface area contributed by atoms with Crippen LogP contribution in [0.1, 0.15) is 20.8 Å². The first-order valence-corrected chi connectivity index (χ1v) is 7.00. The molecule has 1 aromatic carbocycles. The molecule has 0 fully saturated rings. The van der Waals surface area contributed by atoms with E-state index in [1.54, 1.807) is 20.8 Å². The minimum absolute atomic E-state index is 0.335. The maximum Gasteiger partial charge on any atom is 0.243 e. The first-order valence-electron chi connectivity index (χ1n) is 5.52. The number of benzene rings is 1. The summed E-state index contributed by atoms with van der Waals surface area (Å²) in [5.41, 5.74) is -0.705. The summed E-state index contributed by atoms with van der Waals surface area (Å²) in [7, 11) is -4.18. The van der Waals surface area contributed by atoms with E-state index in [0.717, 1.165) is 12.1 Å². The molecule has 0 aliphatic heterocycles. The predicted molar refractivity (Wildman–Crippen MR) is 66.0 cm³/mol. The molecule has 19 heavy (non-hydrogen) atoms. The maximum absolute atomic E-state index is 13.4. The van der Waals surface area contributed by atoms with Gasteiger partial charge in [0.2, 0.25) is 10.0 Å². The van der Waals surface area contributed by atoms with Crippen molar-refractivity contribution >= 4 is 15.8 Å². The standard InChI is InChI=1S/C12H15F2NO3S/c1-12(2,3)11(16)7-15-19(17,18)10-5-4-8(13)6-9(10)14/h4-6,15H,7H2,1-3H3. The molecule has 0 aliphatic rings. The van der Waals surface area contributed by atoms with Crippen molar-refractivity contribution in [3.8, 4) is 0 Å². The van der Waals surface area contributed by atoms with Gasteiger partial charge in [0.05, 0.1) is 6.54 Å². The van der Waals surface area contributed by atoms with Crippen LogP contribution >= 0.6 is 0 Å². The van der Waals surface area contributed by atoms with Gasteiger partial charge >= 0.3 is 0 Å². The molecule has 4 nitrogen and oxygen atoms in total. The zero-order valence-corrected chi connectivity index (χ0v) is 11.6. The third kappa shape index (κ3) is 4.07. The Balaban J connectivity index is 2.91. The summed E-state index contributed by atoms with van der Waals surface area (Å²) < 4.78 is 51.6. The molecule has 1 N–H and O–H groups in total. The Hall–Kier alpha value is -1.34. The smallest absolute Gasteiger partial charge is 0.243 e. The molecular weight excluding hydrogens is 276 g/mol. The van der Waals surface area contributed by atoms with E-state index in [-0.39, 0.29) is 5.78 Å². The van der Waals surface area contributed by atoms with Crippen molar-refractivity contribution in [1.82, 2.24) is 4.72 Å². The molecule has 0 saturated heterocycles. The van der Waals surface area contributed by atoms with Gasteiger partial charge in [-0.1, -0.05) is 20.8 Å². The van der Waals surface area contributed by atoms with Crippen molar-refractivity contribution < 1.29 is 22.0 Å². The fourth-order valence-corrected chi connectivity index (χ4v) is 2.24. The van der Waals surface area contributed by atoms with Gasteiger partial charge in [-0.05, 0) is 12.1 Å². The van der Waals surface area contributed by atoms with Crippen LogP contribution in [-0.4, -0.2) is 20.7 Å². The first kappa shape index (κ1) is 15.7. The number of carbonyl (C=O) groups excluding carboxylic acids is 1. The average Bonchev–Trinajstić information content (AvgIpc) is 2.24. The Labute approximate surface area is 110 Å². The molecule has 0 unspecified atom stereocenters. The number of Topliss-reactive ketones (excluding diaryl/α,β-unsaturated/α-hetero) is 1. The van der Waals surface area contributed by atoms with Gasteiger partial charge in [0.1, 0.15) is 16.5 Å². The molecule has 0 amide bonds. The minimum atomic E-state index is -4.18. The lowest BCUT2D eigenvalue weighted by Gasteiger charge is -2.16. The summed E-state index contributed by atoms with van der Waals surface area (Å²) in [6.45, 7) is 4.48. The van der Waals surface area contributed by atoms with Gasteiger partial charge in [-0.3, -0.25) is 4.79 Å². The Bertz CT molecular complexity index is 591. The second kappa shape index (κ2) is 5.34. The van der Waals surface area contributed by atoms with E-state index in [4.69, 9.17) is 0 Å². The van der Waals surface area contributed by atoms with Gasteiger partial charge < -0.3 is 0 Å². The third-order valence-electron chi connectivity index (χ3n) is 2.44. The van der Waals surface area contributed by atoms with Gasteiger partial charge in [-0.25, -0.2) is 21.9 Å². The van der Waals surface area contributed by atoms with Crippen molar-refractivity contribution in [1.29, 1.82) is 0 Å². The SMILES string of the molecule is CC(C)(C)C(=O)CNS(=O)(=O)c1ccc(F)cc1F. The summed E-state index contributed by atoms with van der Waals surface area (Å²) in [5, 5.41) is 0. The van der Waals surface area contributed by atoms with Crippen LogP contribution in [0.2, 0.25) is 0 Å². The first-order chi connectivity index (χ1) is 8.54. The van der Waals surface area contributed by atoms with Crippen molar-refractivity contribution in [2.24, 2.45) is 5.41 Å². The monoisotopic (exact) mass is 291 g/mol. The highest BCUT2D eigenvalue weighted by atomic mass is 32.2. The van der Waals surface area contributed by atoms with Crippen LogP contribution in [0.5, 0.6) is 0 Å². The number of hydrogen-bond donors (Lipinski definition) is 1. The zero-order chi connectivity index (χ0) is 14.8. The Morgan fingerprint density at radius 2 is 1.84 bits per heavy atom. The van der Waals surface area contributed by atoms with E-state index >= 15 is 0 Å². The molecule has 1 rings (SSSR count). The summed E-state index contributed by atoms with van der Waals surface area (Å²) >= 11 is 0. The van der Waals surface area contributed by atoms with Gasteiger partial charge in [0, 0.05) is 11.5 Å². The molecule has 0 aromatic heterocycles. The van der Waals surface area contributed by atoms with E-state index in [9.17, 15) is 22.0 Å². The van der Waals surface area contributed by atoms with Gasteiger partial charge in [0.25, 0.3) is 0 Å². The van der Waals surface area contributed by atoms with Crippen LogP contribution in [0.25, 0.3) is 0 Å². The quantitative estimate of drug-likeness (QED) is 0.921. The summed E-state index contributed by atoms with van der Waals surface area (Å²) in [6.07, 6.45) is 0. The fraction of sp³-hybridized carbons (Fsp3) is 0.417. The van der Waals surface area contributed by atoms with E-state index in [0.29, 0.717) is 6.07 Å². The van der Waals surface area contributed by atoms with Gasteiger partial charge in [0.15, 0.2) is 5.78 Å². The lowest BCUT2D eigenvalue weighted by Crippen LogP contribution is -2.35. The van der Waals surface area contributed by atoms with Crippen LogP contribution in [0.4, 0.5) is 8.78 Å². The van der Waals surface area contributed by atoms with E-state index in [2.05, 4.69) is 0 Å². The Morgan fingerprint density at radius 3 is 2.32 bits per heavy atom. The van der Waals surface area contributed by atoms with E-state index in [1.165, 1.54) is 0 Å². The van der Waals surface area contributed by atoms with Crippen molar-refractivity contribution in [3.63, 3.8) is 0 Å². The highest BCUT2D eigenvalue weighted by Crippen LogP contribution is 2.17. The number of carbonyl (C=O) groups is 1. The number of rotatable bonds is 4. The molecule has 1 aromatic rings. The number of hydrogen-bond acceptors (Lipinski definition) is 3. The number of nitrogens with one attached hydrogen (secondary N) is 1. The molecule has 0 bridgehead atoms. The lowest BCUT2D eigenvalue weighted by atomic mass is 9.91. The molecular formula is C12H15F2NO3S. The number of halogens is 2. The van der Waals surface area contributed by atoms with Crippen LogP contribution in [-0.2, 0) is 14.8 Å². The Kier molecular flexibility index (Phi) is 4.42. The van der Waals surface area contributed by atoms with Crippen molar-refractivity contribution in [2.75, 3.05) is 6.54 Å². The highest BCUT2D eigenvalue weighted by molar-refractivity contribution is 7.89. The van der Waals surface area contributed by atoms with Gasteiger partial charge in [-0.15, -0.1) is 0 Å². The number of sulfonamides is 1. The van der Waals surface area contributed by atoms with Crippen LogP contribution in [0, 0.1) is 17.0 Å². The molecule has 0 radical (unpaired) electrons. The van der Waals surface area contributed by atoms with E-state index in [1.807, 2.05) is 4.72 Å².